The molecule has 1 heterocycles. The molecule has 0 aliphatic carbocycles. The monoisotopic (exact) mass is 275 g/mol. The first-order valence-corrected chi connectivity index (χ1v) is 4.95. The van der Waals surface area contributed by atoms with Crippen LogP contribution in [0.25, 0.3) is 0 Å². The maximum Gasteiger partial charge on any atom is 0.124 e. The Hall–Kier alpha value is -0.290. The van der Waals surface area contributed by atoms with E-state index in [4.69, 9.17) is 10.5 Å². The van der Waals surface area contributed by atoms with E-state index >= 15 is 0 Å². The lowest BCUT2D eigenvalue weighted by molar-refractivity contribution is 0.333. The van der Waals surface area contributed by atoms with Crippen molar-refractivity contribution in [3.63, 3.8) is 0 Å². The van der Waals surface area contributed by atoms with Gasteiger partial charge in [-0.1, -0.05) is 0 Å². The number of benzene rings is 1. The van der Waals surface area contributed by atoms with Crippen LogP contribution in [0.5, 0.6) is 5.75 Å². The molecule has 1 aliphatic heterocycles. The van der Waals surface area contributed by atoms with E-state index < -0.39 is 0 Å². The summed E-state index contributed by atoms with van der Waals surface area (Å²) in [5, 5.41) is 0. The minimum absolute atomic E-state index is 0.0646. The van der Waals surface area contributed by atoms with Crippen molar-refractivity contribution in [1.82, 2.24) is 0 Å². The van der Waals surface area contributed by atoms with Crippen molar-refractivity contribution in [3.05, 3.63) is 26.8 Å². The molecule has 1 aliphatic rings. The van der Waals surface area contributed by atoms with Crippen molar-refractivity contribution in [1.29, 1.82) is 0 Å². The zero-order valence-corrected chi connectivity index (χ0v) is 8.96. The molecular weight excluding hydrogens is 265 g/mol. The molecule has 12 heavy (non-hydrogen) atoms. The molecule has 0 radical (unpaired) electrons. The average Bonchev–Trinajstić information content (AvgIpc) is 2.41. The molecule has 0 saturated carbocycles. The van der Waals surface area contributed by atoms with E-state index in [0.29, 0.717) is 6.61 Å². The topological polar surface area (TPSA) is 35.2 Å². The summed E-state index contributed by atoms with van der Waals surface area (Å²) >= 11 is 2.32. The molecule has 3 heteroatoms. The minimum atomic E-state index is 0.0646. The van der Waals surface area contributed by atoms with Crippen LogP contribution in [0.15, 0.2) is 12.1 Å². The molecule has 0 saturated heterocycles. The zero-order valence-electron chi connectivity index (χ0n) is 6.80. The largest absolute Gasteiger partial charge is 0.491 e. The lowest BCUT2D eigenvalue weighted by Crippen LogP contribution is -2.12. The Morgan fingerprint density at radius 1 is 1.58 bits per heavy atom. The van der Waals surface area contributed by atoms with E-state index in [1.54, 1.807) is 0 Å². The predicted molar refractivity (Wildman–Crippen MR) is 56.3 cm³/mol. The normalized spacial score (nSPS) is 20.4. The summed E-state index contributed by atoms with van der Waals surface area (Å²) < 4.78 is 6.67. The van der Waals surface area contributed by atoms with Crippen molar-refractivity contribution in [2.75, 3.05) is 6.61 Å². The van der Waals surface area contributed by atoms with E-state index in [-0.39, 0.29) is 6.04 Å². The molecule has 1 aromatic carbocycles. The highest BCUT2D eigenvalue weighted by Gasteiger charge is 2.23. The molecule has 0 aromatic heterocycles. The smallest absolute Gasteiger partial charge is 0.124 e. The molecule has 0 amide bonds. The summed E-state index contributed by atoms with van der Waals surface area (Å²) in [7, 11) is 0. The maximum atomic E-state index is 5.89. The number of hydrogen-bond donors (Lipinski definition) is 1. The van der Waals surface area contributed by atoms with Crippen LogP contribution in [0.4, 0.5) is 0 Å². The second-order valence-electron chi connectivity index (χ2n) is 3.00. The highest BCUT2D eigenvalue weighted by molar-refractivity contribution is 14.1. The van der Waals surface area contributed by atoms with Gasteiger partial charge in [0.05, 0.1) is 6.04 Å². The quantitative estimate of drug-likeness (QED) is 0.735. The second-order valence-corrected chi connectivity index (χ2v) is 4.16. The van der Waals surface area contributed by atoms with Crippen LogP contribution in [-0.2, 0) is 0 Å². The molecule has 2 rings (SSSR count). The molecule has 0 fully saturated rings. The number of nitrogens with two attached hydrogens (primary N) is 1. The van der Waals surface area contributed by atoms with Crippen molar-refractivity contribution in [3.8, 4) is 5.75 Å². The Balaban J connectivity index is 2.63. The standard InChI is InChI=1S/C9H10INO/c1-5-6(10)2-3-8-9(5)7(11)4-12-8/h2-3,7H,4,11H2,1H3. The van der Waals surface area contributed by atoms with Crippen LogP contribution in [0.2, 0.25) is 0 Å². The first-order chi connectivity index (χ1) is 5.70. The number of hydrogen-bond acceptors (Lipinski definition) is 2. The first kappa shape index (κ1) is 8.31. The van der Waals surface area contributed by atoms with Gasteiger partial charge in [-0.3, -0.25) is 0 Å². The van der Waals surface area contributed by atoms with Gasteiger partial charge in [0.1, 0.15) is 12.4 Å². The van der Waals surface area contributed by atoms with Crippen LogP contribution in [-0.4, -0.2) is 6.61 Å². The number of ether oxygens (including phenoxy) is 1. The van der Waals surface area contributed by atoms with E-state index in [1.807, 2.05) is 6.07 Å². The van der Waals surface area contributed by atoms with Crippen LogP contribution in [0.1, 0.15) is 17.2 Å². The van der Waals surface area contributed by atoms with Crippen LogP contribution in [0, 0.1) is 10.5 Å². The zero-order chi connectivity index (χ0) is 8.72. The minimum Gasteiger partial charge on any atom is -0.491 e. The summed E-state index contributed by atoms with van der Waals surface area (Å²) in [5.41, 5.74) is 8.33. The predicted octanol–water partition coefficient (Wildman–Crippen LogP) is 1.99. The fourth-order valence-electron chi connectivity index (χ4n) is 1.53. The number of rotatable bonds is 0. The second kappa shape index (κ2) is 2.88. The maximum absolute atomic E-state index is 5.89. The van der Waals surface area contributed by atoms with Gasteiger partial charge in [-0.15, -0.1) is 0 Å². The van der Waals surface area contributed by atoms with Gasteiger partial charge >= 0.3 is 0 Å². The third kappa shape index (κ3) is 1.11. The van der Waals surface area contributed by atoms with Gasteiger partial charge in [-0.25, -0.2) is 0 Å². The Bertz CT molecular complexity index is 325. The molecule has 2 N–H and O–H groups in total. The van der Waals surface area contributed by atoms with Gasteiger partial charge in [-0.05, 0) is 47.2 Å². The molecule has 2 nitrogen and oxygen atoms in total. The SMILES string of the molecule is Cc1c(I)ccc2c1C(N)CO2. The van der Waals surface area contributed by atoms with E-state index in [9.17, 15) is 0 Å². The summed E-state index contributed by atoms with van der Waals surface area (Å²) in [4.78, 5) is 0. The Kier molecular flexibility index (Phi) is 2.00. The first-order valence-electron chi connectivity index (χ1n) is 3.87. The summed E-state index contributed by atoms with van der Waals surface area (Å²) in [5.74, 6) is 0.959. The highest BCUT2D eigenvalue weighted by atomic mass is 127. The van der Waals surface area contributed by atoms with Crippen LogP contribution < -0.4 is 10.5 Å². The van der Waals surface area contributed by atoms with E-state index in [2.05, 4.69) is 35.6 Å². The molecule has 1 aromatic rings. The van der Waals surface area contributed by atoms with Crippen molar-refractivity contribution >= 4 is 22.6 Å². The lowest BCUT2D eigenvalue weighted by Gasteiger charge is -2.06. The van der Waals surface area contributed by atoms with Gasteiger partial charge in [0, 0.05) is 9.13 Å². The van der Waals surface area contributed by atoms with Gasteiger partial charge in [0.25, 0.3) is 0 Å². The molecule has 0 spiro atoms. The van der Waals surface area contributed by atoms with Crippen molar-refractivity contribution in [2.24, 2.45) is 5.73 Å². The Morgan fingerprint density at radius 3 is 3.08 bits per heavy atom. The van der Waals surface area contributed by atoms with Crippen molar-refractivity contribution < 1.29 is 4.74 Å². The Morgan fingerprint density at radius 2 is 2.33 bits per heavy atom. The Labute approximate surface area is 85.2 Å². The highest BCUT2D eigenvalue weighted by Crippen LogP contribution is 2.35. The third-order valence-corrected chi connectivity index (χ3v) is 3.37. The van der Waals surface area contributed by atoms with Gasteiger partial charge in [-0.2, -0.15) is 0 Å². The lowest BCUT2D eigenvalue weighted by atomic mass is 10.0. The van der Waals surface area contributed by atoms with Crippen LogP contribution in [0.3, 0.4) is 0 Å². The summed E-state index contributed by atoms with van der Waals surface area (Å²) in [6.07, 6.45) is 0. The van der Waals surface area contributed by atoms with Gasteiger partial charge in [0.2, 0.25) is 0 Å². The van der Waals surface area contributed by atoms with Gasteiger partial charge in [0.15, 0.2) is 0 Å². The third-order valence-electron chi connectivity index (χ3n) is 2.20. The molecular formula is C9H10INO. The van der Waals surface area contributed by atoms with Gasteiger partial charge < -0.3 is 10.5 Å². The fraction of sp³-hybridized carbons (Fsp3) is 0.333. The fourth-order valence-corrected chi connectivity index (χ4v) is 2.00. The average molecular weight is 275 g/mol. The van der Waals surface area contributed by atoms with Crippen molar-refractivity contribution in [2.45, 2.75) is 13.0 Å². The summed E-state index contributed by atoms with van der Waals surface area (Å²) in [6, 6.07) is 4.12. The molecule has 1 atom stereocenters. The van der Waals surface area contributed by atoms with E-state index in [0.717, 1.165) is 5.75 Å². The summed E-state index contributed by atoms with van der Waals surface area (Å²) in [6.45, 7) is 2.71. The molecule has 64 valence electrons. The molecule has 1 unspecified atom stereocenters. The van der Waals surface area contributed by atoms with Crippen LogP contribution >= 0.6 is 22.6 Å². The number of halogens is 1. The number of fused-ring (bicyclic) bond motifs is 1. The van der Waals surface area contributed by atoms with E-state index in [1.165, 1.54) is 14.7 Å². The molecule has 0 bridgehead atoms.